The summed E-state index contributed by atoms with van der Waals surface area (Å²) in [6.45, 7) is 2.94. The van der Waals surface area contributed by atoms with E-state index in [-0.39, 0.29) is 17.2 Å². The fraction of sp³-hybridized carbons (Fsp3) is 0.200. The standard InChI is InChI=1S/C10H9FN2O/c1-6-3-8(5-12)4-9(11)10(6)13-7(2)14/h3-4H,1-2H3,(H,13,14). The maximum atomic E-state index is 13.3. The maximum absolute atomic E-state index is 13.3. The molecule has 0 spiro atoms. The van der Waals surface area contributed by atoms with Crippen LogP contribution in [0.15, 0.2) is 12.1 Å². The zero-order valence-electron chi connectivity index (χ0n) is 7.89. The van der Waals surface area contributed by atoms with Crippen LogP contribution in [0.3, 0.4) is 0 Å². The molecule has 0 unspecified atom stereocenters. The number of amides is 1. The number of nitriles is 1. The lowest BCUT2D eigenvalue weighted by atomic mass is 10.1. The molecule has 0 aliphatic heterocycles. The molecule has 0 radical (unpaired) electrons. The van der Waals surface area contributed by atoms with Gasteiger partial charge >= 0.3 is 0 Å². The number of carbonyl (C=O) groups excluding carboxylic acids is 1. The maximum Gasteiger partial charge on any atom is 0.221 e. The molecule has 0 aromatic heterocycles. The number of halogens is 1. The summed E-state index contributed by atoms with van der Waals surface area (Å²) in [5.74, 6) is -0.923. The highest BCUT2D eigenvalue weighted by Gasteiger charge is 2.08. The van der Waals surface area contributed by atoms with Crippen LogP contribution in [0.4, 0.5) is 10.1 Å². The van der Waals surface area contributed by atoms with Gasteiger partial charge < -0.3 is 5.32 Å². The summed E-state index contributed by atoms with van der Waals surface area (Å²) < 4.78 is 13.3. The Labute approximate surface area is 81.2 Å². The molecule has 3 nitrogen and oxygen atoms in total. The van der Waals surface area contributed by atoms with Gasteiger partial charge in [-0.15, -0.1) is 0 Å². The van der Waals surface area contributed by atoms with Gasteiger partial charge in [0.15, 0.2) is 0 Å². The smallest absolute Gasteiger partial charge is 0.221 e. The third kappa shape index (κ3) is 2.07. The molecule has 0 heterocycles. The van der Waals surface area contributed by atoms with Gasteiger partial charge in [0.2, 0.25) is 5.91 Å². The summed E-state index contributed by atoms with van der Waals surface area (Å²) >= 11 is 0. The van der Waals surface area contributed by atoms with E-state index in [9.17, 15) is 9.18 Å². The summed E-state index contributed by atoms with van der Waals surface area (Å²) in [6.07, 6.45) is 0. The zero-order valence-corrected chi connectivity index (χ0v) is 7.89. The lowest BCUT2D eigenvalue weighted by Gasteiger charge is -2.07. The molecule has 1 N–H and O–H groups in total. The van der Waals surface area contributed by atoms with Crippen LogP contribution >= 0.6 is 0 Å². The monoisotopic (exact) mass is 192 g/mol. The molecule has 4 heteroatoms. The van der Waals surface area contributed by atoms with Crippen LogP contribution < -0.4 is 5.32 Å². The van der Waals surface area contributed by atoms with Crippen molar-refractivity contribution in [2.24, 2.45) is 0 Å². The Morgan fingerprint density at radius 1 is 1.57 bits per heavy atom. The number of hydrogen-bond acceptors (Lipinski definition) is 2. The van der Waals surface area contributed by atoms with Gasteiger partial charge in [0.25, 0.3) is 0 Å². The first-order chi connectivity index (χ1) is 6.54. The molecule has 72 valence electrons. The van der Waals surface area contributed by atoms with Crippen LogP contribution in [0.25, 0.3) is 0 Å². The van der Waals surface area contributed by atoms with Gasteiger partial charge in [0.1, 0.15) is 5.82 Å². The fourth-order valence-electron chi connectivity index (χ4n) is 1.14. The van der Waals surface area contributed by atoms with Crippen LogP contribution in [0, 0.1) is 24.1 Å². The summed E-state index contributed by atoms with van der Waals surface area (Å²) in [6, 6.07) is 4.45. The van der Waals surface area contributed by atoms with Crippen LogP contribution in [0.5, 0.6) is 0 Å². The van der Waals surface area contributed by atoms with Crippen molar-refractivity contribution in [2.75, 3.05) is 5.32 Å². The number of rotatable bonds is 1. The molecule has 0 saturated carbocycles. The molecule has 1 aromatic carbocycles. The van der Waals surface area contributed by atoms with E-state index >= 15 is 0 Å². The third-order valence-electron chi connectivity index (χ3n) is 1.72. The second-order valence-corrected chi connectivity index (χ2v) is 2.94. The lowest BCUT2D eigenvalue weighted by Crippen LogP contribution is -2.09. The Bertz CT molecular complexity index is 398. The van der Waals surface area contributed by atoms with Gasteiger partial charge in [-0.25, -0.2) is 4.39 Å². The minimum absolute atomic E-state index is 0.136. The summed E-state index contributed by atoms with van der Waals surface area (Å²) in [5.41, 5.74) is 0.919. The Hall–Kier alpha value is -1.89. The molecule has 0 fully saturated rings. The van der Waals surface area contributed by atoms with Crippen molar-refractivity contribution in [1.82, 2.24) is 0 Å². The van der Waals surface area contributed by atoms with Crippen molar-refractivity contribution in [3.63, 3.8) is 0 Å². The molecule has 0 saturated heterocycles. The van der Waals surface area contributed by atoms with Gasteiger partial charge in [-0.1, -0.05) is 0 Å². The Morgan fingerprint density at radius 3 is 2.64 bits per heavy atom. The van der Waals surface area contributed by atoms with Crippen LogP contribution in [-0.4, -0.2) is 5.91 Å². The zero-order chi connectivity index (χ0) is 10.7. The average Bonchev–Trinajstić information content (AvgIpc) is 2.10. The van der Waals surface area contributed by atoms with E-state index in [0.29, 0.717) is 5.56 Å². The number of aryl methyl sites for hydroxylation is 1. The van der Waals surface area contributed by atoms with Gasteiger partial charge in [0.05, 0.1) is 17.3 Å². The van der Waals surface area contributed by atoms with E-state index in [1.807, 2.05) is 6.07 Å². The number of hydrogen-bond donors (Lipinski definition) is 1. The van der Waals surface area contributed by atoms with Crippen LogP contribution in [0.1, 0.15) is 18.1 Å². The molecule has 14 heavy (non-hydrogen) atoms. The topological polar surface area (TPSA) is 52.9 Å². The van der Waals surface area contributed by atoms with E-state index in [2.05, 4.69) is 5.32 Å². The fourth-order valence-corrected chi connectivity index (χ4v) is 1.14. The molecular formula is C10H9FN2O. The van der Waals surface area contributed by atoms with Crippen molar-refractivity contribution in [3.05, 3.63) is 29.1 Å². The van der Waals surface area contributed by atoms with Gasteiger partial charge in [-0.2, -0.15) is 5.26 Å². The first-order valence-electron chi connectivity index (χ1n) is 4.02. The Kier molecular flexibility index (Phi) is 2.82. The molecule has 1 amide bonds. The van der Waals surface area contributed by atoms with Crippen molar-refractivity contribution in [3.8, 4) is 6.07 Å². The Morgan fingerprint density at radius 2 is 2.21 bits per heavy atom. The highest BCUT2D eigenvalue weighted by atomic mass is 19.1. The lowest BCUT2D eigenvalue weighted by molar-refractivity contribution is -0.114. The average molecular weight is 192 g/mol. The van der Waals surface area contributed by atoms with Crippen LogP contribution in [0.2, 0.25) is 0 Å². The predicted octanol–water partition coefficient (Wildman–Crippen LogP) is 1.96. The number of benzene rings is 1. The van der Waals surface area contributed by atoms with Crippen molar-refractivity contribution >= 4 is 11.6 Å². The van der Waals surface area contributed by atoms with Gasteiger partial charge in [-0.05, 0) is 24.6 Å². The van der Waals surface area contributed by atoms with Crippen molar-refractivity contribution in [2.45, 2.75) is 13.8 Å². The first-order valence-corrected chi connectivity index (χ1v) is 4.02. The SMILES string of the molecule is CC(=O)Nc1c(C)cc(C#N)cc1F. The molecule has 0 bridgehead atoms. The van der Waals surface area contributed by atoms with Crippen LogP contribution in [-0.2, 0) is 4.79 Å². The van der Waals surface area contributed by atoms with E-state index in [1.165, 1.54) is 13.0 Å². The third-order valence-corrected chi connectivity index (χ3v) is 1.72. The summed E-state index contributed by atoms with van der Waals surface area (Å²) in [7, 11) is 0. The number of nitrogens with one attached hydrogen (secondary N) is 1. The molecule has 0 aliphatic carbocycles. The van der Waals surface area contributed by atoms with E-state index < -0.39 is 5.82 Å². The normalized spacial score (nSPS) is 9.29. The second-order valence-electron chi connectivity index (χ2n) is 2.94. The molecule has 0 atom stereocenters. The minimum Gasteiger partial charge on any atom is -0.324 e. The molecule has 1 rings (SSSR count). The molecule has 1 aromatic rings. The summed E-state index contributed by atoms with van der Waals surface area (Å²) in [5, 5.41) is 10.9. The minimum atomic E-state index is -0.586. The Balaban J connectivity index is 3.19. The van der Waals surface area contributed by atoms with Crippen molar-refractivity contribution < 1.29 is 9.18 Å². The first kappa shape index (κ1) is 10.2. The van der Waals surface area contributed by atoms with E-state index in [1.54, 1.807) is 6.92 Å². The number of carbonyl (C=O) groups is 1. The van der Waals surface area contributed by atoms with Crippen molar-refractivity contribution in [1.29, 1.82) is 5.26 Å². The quantitative estimate of drug-likeness (QED) is 0.739. The number of nitrogens with zero attached hydrogens (tertiary/aromatic N) is 1. The molecular weight excluding hydrogens is 183 g/mol. The molecule has 0 aliphatic rings. The van der Waals surface area contributed by atoms with E-state index in [4.69, 9.17) is 5.26 Å². The predicted molar refractivity (Wildman–Crippen MR) is 50.2 cm³/mol. The van der Waals surface area contributed by atoms with E-state index in [0.717, 1.165) is 6.07 Å². The largest absolute Gasteiger partial charge is 0.324 e. The van der Waals surface area contributed by atoms with Gasteiger partial charge in [-0.3, -0.25) is 4.79 Å². The van der Waals surface area contributed by atoms with Gasteiger partial charge in [0, 0.05) is 6.92 Å². The highest BCUT2D eigenvalue weighted by Crippen LogP contribution is 2.20. The summed E-state index contributed by atoms with van der Waals surface area (Å²) in [4.78, 5) is 10.7. The number of anilines is 1. The highest BCUT2D eigenvalue weighted by molar-refractivity contribution is 5.89. The second kappa shape index (κ2) is 3.88.